The molecule has 3 rings (SSSR count). The number of pyridine rings is 1. The van der Waals surface area contributed by atoms with Crippen LogP contribution in [0.5, 0.6) is 0 Å². The second kappa shape index (κ2) is 5.68. The number of nitrogens with zero attached hydrogens (tertiary/aromatic N) is 2. The number of hydrogen-bond donors (Lipinski definition) is 1. The third kappa shape index (κ3) is 2.62. The van der Waals surface area contributed by atoms with Crippen LogP contribution in [0.3, 0.4) is 0 Å². The standard InChI is InChI=1S/C16H21N3/c1-17-11-15-6-3-9-19(15)12-14-5-2-4-13-10-18-8-7-16(13)14/h2,4-5,7-8,10,15,17H,3,6,9,11-12H2,1H3/t15-/m0/s1. The van der Waals surface area contributed by atoms with Gasteiger partial charge in [0.25, 0.3) is 0 Å². The lowest BCUT2D eigenvalue weighted by Gasteiger charge is -2.24. The average molecular weight is 255 g/mol. The van der Waals surface area contributed by atoms with E-state index in [0.29, 0.717) is 6.04 Å². The van der Waals surface area contributed by atoms with Gasteiger partial charge in [-0.25, -0.2) is 0 Å². The molecule has 2 heterocycles. The van der Waals surface area contributed by atoms with E-state index in [4.69, 9.17) is 0 Å². The third-order valence-corrected chi connectivity index (χ3v) is 4.08. The fourth-order valence-electron chi connectivity index (χ4n) is 3.12. The minimum Gasteiger partial charge on any atom is -0.318 e. The molecule has 100 valence electrons. The zero-order chi connectivity index (χ0) is 13.1. The molecule has 0 aliphatic carbocycles. The zero-order valence-corrected chi connectivity index (χ0v) is 11.5. The number of nitrogens with one attached hydrogen (secondary N) is 1. The quantitative estimate of drug-likeness (QED) is 0.909. The summed E-state index contributed by atoms with van der Waals surface area (Å²) in [5.74, 6) is 0. The molecule has 1 fully saturated rings. The Balaban J connectivity index is 1.85. The van der Waals surface area contributed by atoms with Gasteiger partial charge in [0.15, 0.2) is 0 Å². The molecule has 0 spiro atoms. The van der Waals surface area contributed by atoms with Crippen molar-refractivity contribution in [1.29, 1.82) is 0 Å². The molecule has 1 aliphatic rings. The van der Waals surface area contributed by atoms with Crippen LogP contribution in [0.2, 0.25) is 0 Å². The molecular formula is C16H21N3. The third-order valence-electron chi connectivity index (χ3n) is 4.08. The van der Waals surface area contributed by atoms with Crippen LogP contribution in [-0.4, -0.2) is 36.1 Å². The number of hydrogen-bond acceptors (Lipinski definition) is 3. The van der Waals surface area contributed by atoms with E-state index in [9.17, 15) is 0 Å². The molecule has 3 heteroatoms. The van der Waals surface area contributed by atoms with Gasteiger partial charge in [0.1, 0.15) is 0 Å². The van der Waals surface area contributed by atoms with Gasteiger partial charge in [0.2, 0.25) is 0 Å². The highest BCUT2D eigenvalue weighted by Crippen LogP contribution is 2.23. The Morgan fingerprint density at radius 1 is 1.37 bits per heavy atom. The lowest BCUT2D eigenvalue weighted by molar-refractivity contribution is 0.243. The van der Waals surface area contributed by atoms with Gasteiger partial charge >= 0.3 is 0 Å². The Morgan fingerprint density at radius 3 is 3.21 bits per heavy atom. The molecule has 1 aromatic carbocycles. The van der Waals surface area contributed by atoms with Crippen molar-refractivity contribution in [2.45, 2.75) is 25.4 Å². The summed E-state index contributed by atoms with van der Waals surface area (Å²) < 4.78 is 0. The minimum absolute atomic E-state index is 0.682. The van der Waals surface area contributed by atoms with Gasteiger partial charge in [-0.2, -0.15) is 0 Å². The maximum absolute atomic E-state index is 4.21. The Kier molecular flexibility index (Phi) is 3.76. The highest BCUT2D eigenvalue weighted by Gasteiger charge is 2.23. The summed E-state index contributed by atoms with van der Waals surface area (Å²) in [5, 5.41) is 5.89. The Morgan fingerprint density at radius 2 is 2.32 bits per heavy atom. The topological polar surface area (TPSA) is 28.2 Å². The number of fused-ring (bicyclic) bond motifs is 1. The second-order valence-electron chi connectivity index (χ2n) is 5.34. The van der Waals surface area contributed by atoms with Crippen LogP contribution in [0, 0.1) is 0 Å². The number of rotatable bonds is 4. The molecule has 0 amide bonds. The van der Waals surface area contributed by atoms with Crippen molar-refractivity contribution in [3.8, 4) is 0 Å². The molecule has 3 nitrogen and oxygen atoms in total. The predicted molar refractivity (Wildman–Crippen MR) is 79.1 cm³/mol. The van der Waals surface area contributed by atoms with Crippen LogP contribution in [0.25, 0.3) is 10.8 Å². The smallest absolute Gasteiger partial charge is 0.0346 e. The van der Waals surface area contributed by atoms with Gasteiger partial charge in [-0.3, -0.25) is 9.88 Å². The molecule has 1 saturated heterocycles. The number of likely N-dealkylation sites (N-methyl/N-ethyl adjacent to an activating group) is 1. The highest BCUT2D eigenvalue weighted by molar-refractivity contribution is 5.84. The van der Waals surface area contributed by atoms with E-state index in [1.54, 1.807) is 0 Å². The summed E-state index contributed by atoms with van der Waals surface area (Å²) in [4.78, 5) is 6.81. The lowest BCUT2D eigenvalue weighted by Crippen LogP contribution is -2.36. The second-order valence-corrected chi connectivity index (χ2v) is 5.34. The fraction of sp³-hybridized carbons (Fsp3) is 0.438. The molecule has 1 N–H and O–H groups in total. The van der Waals surface area contributed by atoms with E-state index in [-0.39, 0.29) is 0 Å². The first-order valence-electron chi connectivity index (χ1n) is 7.09. The minimum atomic E-state index is 0.682. The van der Waals surface area contributed by atoms with Crippen molar-refractivity contribution >= 4 is 10.8 Å². The van der Waals surface area contributed by atoms with Gasteiger partial charge in [0.05, 0.1) is 0 Å². The number of likely N-dealkylation sites (tertiary alicyclic amines) is 1. The first kappa shape index (κ1) is 12.6. The molecule has 19 heavy (non-hydrogen) atoms. The summed E-state index contributed by atoms with van der Waals surface area (Å²) >= 11 is 0. The average Bonchev–Trinajstić information content (AvgIpc) is 2.87. The summed E-state index contributed by atoms with van der Waals surface area (Å²) in [5.41, 5.74) is 1.42. The molecule has 0 radical (unpaired) electrons. The maximum Gasteiger partial charge on any atom is 0.0346 e. The Labute approximate surface area is 114 Å². The van der Waals surface area contributed by atoms with E-state index in [1.165, 1.54) is 35.7 Å². The molecular weight excluding hydrogens is 234 g/mol. The van der Waals surface area contributed by atoms with E-state index in [2.05, 4.69) is 39.5 Å². The van der Waals surface area contributed by atoms with Gasteiger partial charge < -0.3 is 5.32 Å². The summed E-state index contributed by atoms with van der Waals surface area (Å²) in [6, 6.07) is 9.34. The van der Waals surface area contributed by atoms with Crippen LogP contribution in [0.1, 0.15) is 18.4 Å². The molecule has 1 aromatic heterocycles. The van der Waals surface area contributed by atoms with E-state index in [0.717, 1.165) is 13.1 Å². The van der Waals surface area contributed by atoms with Gasteiger partial charge in [-0.05, 0) is 43.5 Å². The molecule has 1 aliphatic heterocycles. The monoisotopic (exact) mass is 255 g/mol. The molecule has 0 saturated carbocycles. The van der Waals surface area contributed by atoms with Crippen LogP contribution < -0.4 is 5.32 Å². The van der Waals surface area contributed by atoms with Crippen molar-refractivity contribution < 1.29 is 0 Å². The van der Waals surface area contributed by atoms with Gasteiger partial charge in [-0.1, -0.05) is 18.2 Å². The first-order chi connectivity index (χ1) is 9.38. The highest BCUT2D eigenvalue weighted by atomic mass is 15.2. The lowest BCUT2D eigenvalue weighted by atomic mass is 10.1. The van der Waals surface area contributed by atoms with E-state index >= 15 is 0 Å². The van der Waals surface area contributed by atoms with Crippen LogP contribution in [0.4, 0.5) is 0 Å². The molecule has 2 aromatic rings. The fourth-order valence-corrected chi connectivity index (χ4v) is 3.12. The predicted octanol–water partition coefficient (Wildman–Crippen LogP) is 2.42. The van der Waals surface area contributed by atoms with Gasteiger partial charge in [-0.15, -0.1) is 0 Å². The summed E-state index contributed by atoms with van der Waals surface area (Å²) in [7, 11) is 2.04. The van der Waals surface area contributed by atoms with Crippen LogP contribution in [0.15, 0.2) is 36.7 Å². The van der Waals surface area contributed by atoms with Crippen molar-refractivity contribution in [1.82, 2.24) is 15.2 Å². The van der Waals surface area contributed by atoms with Crippen molar-refractivity contribution in [3.05, 3.63) is 42.2 Å². The Hall–Kier alpha value is -1.45. The van der Waals surface area contributed by atoms with Crippen LogP contribution >= 0.6 is 0 Å². The maximum atomic E-state index is 4.21. The normalized spacial score (nSPS) is 20.2. The molecule has 1 atom stereocenters. The van der Waals surface area contributed by atoms with Crippen molar-refractivity contribution in [2.24, 2.45) is 0 Å². The van der Waals surface area contributed by atoms with Crippen molar-refractivity contribution in [2.75, 3.05) is 20.1 Å². The molecule has 0 bridgehead atoms. The van der Waals surface area contributed by atoms with Crippen molar-refractivity contribution in [3.63, 3.8) is 0 Å². The number of benzene rings is 1. The SMILES string of the molecule is CNC[C@@H]1CCCN1Cc1cccc2cnccc12. The summed E-state index contributed by atoms with van der Waals surface area (Å²) in [6.45, 7) is 3.35. The number of aromatic nitrogens is 1. The Bertz CT molecular complexity index is 547. The van der Waals surface area contributed by atoms with Gasteiger partial charge in [0, 0.05) is 36.9 Å². The van der Waals surface area contributed by atoms with E-state index < -0.39 is 0 Å². The van der Waals surface area contributed by atoms with Crippen LogP contribution in [-0.2, 0) is 6.54 Å². The largest absolute Gasteiger partial charge is 0.318 e. The summed E-state index contributed by atoms with van der Waals surface area (Å²) in [6.07, 6.45) is 6.47. The van der Waals surface area contributed by atoms with E-state index in [1.807, 2.05) is 19.4 Å². The zero-order valence-electron chi connectivity index (χ0n) is 11.5. The molecule has 0 unspecified atom stereocenters. The first-order valence-corrected chi connectivity index (χ1v) is 7.09.